The first-order chi connectivity index (χ1) is 16.5. The Kier molecular flexibility index (Phi) is 9.57. The fourth-order valence-corrected chi connectivity index (χ4v) is 6.56. The SMILES string of the molecule is Brc1cccc(Br)c1CN[C@@H](c1ccccc1)[C@@H](NCc1c(Br)cccc1Br)c1ccccc1. The number of nitrogens with one attached hydrogen (secondary N) is 2. The summed E-state index contributed by atoms with van der Waals surface area (Å²) in [5.74, 6) is 0. The molecule has 0 radical (unpaired) electrons. The zero-order chi connectivity index (χ0) is 23.9. The van der Waals surface area contributed by atoms with E-state index in [4.69, 9.17) is 0 Å². The van der Waals surface area contributed by atoms with Crippen molar-refractivity contribution in [3.8, 4) is 0 Å². The molecule has 4 aromatic rings. The summed E-state index contributed by atoms with van der Waals surface area (Å²) in [5, 5.41) is 7.70. The Morgan fingerprint density at radius 3 is 1.09 bits per heavy atom. The third kappa shape index (κ3) is 6.48. The fourth-order valence-electron chi connectivity index (χ4n) is 4.00. The van der Waals surface area contributed by atoms with Gasteiger partial charge in [-0.05, 0) is 46.5 Å². The molecule has 0 spiro atoms. The molecule has 2 nitrogen and oxygen atoms in total. The zero-order valence-corrected chi connectivity index (χ0v) is 24.7. The van der Waals surface area contributed by atoms with Gasteiger partial charge in [0.15, 0.2) is 0 Å². The van der Waals surface area contributed by atoms with Gasteiger partial charge in [0.2, 0.25) is 0 Å². The summed E-state index contributed by atoms with van der Waals surface area (Å²) in [6.07, 6.45) is 0. The first-order valence-corrected chi connectivity index (χ1v) is 14.1. The number of halogens is 4. The predicted octanol–water partition coefficient (Wildman–Crippen LogP) is 9.10. The second-order valence-corrected chi connectivity index (χ2v) is 11.4. The quantitative estimate of drug-likeness (QED) is 0.181. The van der Waals surface area contributed by atoms with E-state index in [-0.39, 0.29) is 12.1 Å². The zero-order valence-electron chi connectivity index (χ0n) is 18.3. The molecule has 0 saturated heterocycles. The average molecular weight is 708 g/mol. The van der Waals surface area contributed by atoms with E-state index in [0.29, 0.717) is 13.1 Å². The van der Waals surface area contributed by atoms with Gasteiger partial charge in [0, 0.05) is 31.0 Å². The molecule has 34 heavy (non-hydrogen) atoms. The van der Waals surface area contributed by atoms with Crippen LogP contribution in [0.3, 0.4) is 0 Å². The molecule has 0 aromatic heterocycles. The maximum Gasteiger partial charge on any atom is 0.0521 e. The van der Waals surface area contributed by atoms with Crippen LogP contribution in [0.5, 0.6) is 0 Å². The summed E-state index contributed by atoms with van der Waals surface area (Å²) in [7, 11) is 0. The predicted molar refractivity (Wildman–Crippen MR) is 156 cm³/mol. The maximum atomic E-state index is 3.85. The lowest BCUT2D eigenvalue weighted by Crippen LogP contribution is -2.35. The lowest BCUT2D eigenvalue weighted by atomic mass is 9.92. The highest BCUT2D eigenvalue weighted by Gasteiger charge is 2.25. The summed E-state index contributed by atoms with van der Waals surface area (Å²) in [5.41, 5.74) is 4.86. The highest BCUT2D eigenvalue weighted by atomic mass is 79.9. The van der Waals surface area contributed by atoms with Crippen molar-refractivity contribution in [2.45, 2.75) is 25.2 Å². The van der Waals surface area contributed by atoms with E-state index < -0.39 is 0 Å². The molecule has 174 valence electrons. The van der Waals surface area contributed by atoms with Crippen LogP contribution in [0.25, 0.3) is 0 Å². The Hall–Kier alpha value is -1.28. The van der Waals surface area contributed by atoms with Gasteiger partial charge in [-0.1, -0.05) is 137 Å². The van der Waals surface area contributed by atoms with Gasteiger partial charge in [-0.3, -0.25) is 0 Å². The van der Waals surface area contributed by atoms with Crippen LogP contribution in [0.15, 0.2) is 115 Å². The highest BCUT2D eigenvalue weighted by Crippen LogP contribution is 2.33. The first-order valence-electron chi connectivity index (χ1n) is 11.0. The number of benzene rings is 4. The van der Waals surface area contributed by atoms with Crippen LogP contribution in [0, 0.1) is 0 Å². The van der Waals surface area contributed by atoms with Crippen LogP contribution in [0.2, 0.25) is 0 Å². The molecular formula is C28H24Br4N2. The van der Waals surface area contributed by atoms with Gasteiger partial charge in [0.25, 0.3) is 0 Å². The van der Waals surface area contributed by atoms with Crippen LogP contribution >= 0.6 is 63.7 Å². The Balaban J connectivity index is 1.69. The first kappa shape index (κ1) is 25.8. The van der Waals surface area contributed by atoms with Gasteiger partial charge >= 0.3 is 0 Å². The highest BCUT2D eigenvalue weighted by molar-refractivity contribution is 9.11. The normalized spacial score (nSPS) is 12.9. The van der Waals surface area contributed by atoms with Crippen LogP contribution in [0.1, 0.15) is 34.3 Å². The van der Waals surface area contributed by atoms with Crippen molar-refractivity contribution in [1.82, 2.24) is 10.6 Å². The Morgan fingerprint density at radius 1 is 0.441 bits per heavy atom. The van der Waals surface area contributed by atoms with E-state index in [1.807, 2.05) is 12.1 Å². The average Bonchev–Trinajstić information content (AvgIpc) is 2.85. The van der Waals surface area contributed by atoms with E-state index in [2.05, 4.69) is 159 Å². The second kappa shape index (κ2) is 12.6. The molecule has 0 unspecified atom stereocenters. The molecule has 0 saturated carbocycles. The monoisotopic (exact) mass is 704 g/mol. The molecule has 0 aliphatic heterocycles. The molecule has 0 aliphatic carbocycles. The van der Waals surface area contributed by atoms with Crippen LogP contribution in [0.4, 0.5) is 0 Å². The van der Waals surface area contributed by atoms with Crippen molar-refractivity contribution in [2.24, 2.45) is 0 Å². The van der Waals surface area contributed by atoms with Crippen LogP contribution in [-0.2, 0) is 13.1 Å². The maximum absolute atomic E-state index is 3.85. The van der Waals surface area contributed by atoms with E-state index >= 15 is 0 Å². The van der Waals surface area contributed by atoms with Gasteiger partial charge in [-0.2, -0.15) is 0 Å². The third-order valence-electron chi connectivity index (χ3n) is 5.77. The fraction of sp³-hybridized carbons (Fsp3) is 0.143. The summed E-state index contributed by atoms with van der Waals surface area (Å²) in [6.45, 7) is 1.43. The molecule has 4 aromatic carbocycles. The van der Waals surface area contributed by atoms with Gasteiger partial charge in [-0.15, -0.1) is 0 Å². The Morgan fingerprint density at radius 2 is 0.765 bits per heavy atom. The van der Waals surface area contributed by atoms with E-state index in [9.17, 15) is 0 Å². The minimum absolute atomic E-state index is 0.0452. The van der Waals surface area contributed by atoms with Gasteiger partial charge < -0.3 is 10.6 Å². The largest absolute Gasteiger partial charge is 0.304 e. The molecule has 0 heterocycles. The molecule has 0 fully saturated rings. The molecule has 4 rings (SSSR count). The minimum Gasteiger partial charge on any atom is -0.304 e. The van der Waals surface area contributed by atoms with Crippen LogP contribution in [-0.4, -0.2) is 0 Å². The van der Waals surface area contributed by atoms with E-state index in [1.54, 1.807) is 0 Å². The van der Waals surface area contributed by atoms with Crippen LogP contribution < -0.4 is 10.6 Å². The molecule has 2 N–H and O–H groups in total. The van der Waals surface area contributed by atoms with Crippen molar-refractivity contribution in [3.05, 3.63) is 137 Å². The van der Waals surface area contributed by atoms with Gasteiger partial charge in [0.05, 0.1) is 12.1 Å². The summed E-state index contributed by atoms with van der Waals surface area (Å²) in [6, 6.07) is 33.8. The summed E-state index contributed by atoms with van der Waals surface area (Å²) >= 11 is 14.9. The van der Waals surface area contributed by atoms with Crippen molar-refractivity contribution >= 4 is 63.7 Å². The smallest absolute Gasteiger partial charge is 0.0521 e. The number of hydrogen-bond donors (Lipinski definition) is 2. The topological polar surface area (TPSA) is 24.1 Å². The number of rotatable bonds is 9. The van der Waals surface area contributed by atoms with Gasteiger partial charge in [0.1, 0.15) is 0 Å². The van der Waals surface area contributed by atoms with Crippen molar-refractivity contribution in [2.75, 3.05) is 0 Å². The standard InChI is InChI=1S/C28H24Br4N2/c29-23-13-7-14-24(30)21(23)17-33-27(19-9-3-1-4-10-19)28(20-11-5-2-6-12-20)34-18-22-25(31)15-8-16-26(22)32/h1-16,27-28,33-34H,17-18H2/t27-,28-/m0/s1. The second-order valence-electron chi connectivity index (χ2n) is 7.94. The summed E-state index contributed by atoms with van der Waals surface area (Å²) < 4.78 is 4.34. The van der Waals surface area contributed by atoms with Crippen molar-refractivity contribution < 1.29 is 0 Å². The third-order valence-corrected chi connectivity index (χ3v) is 8.74. The molecule has 0 aliphatic rings. The summed E-state index contributed by atoms with van der Waals surface area (Å²) in [4.78, 5) is 0. The molecule has 0 bridgehead atoms. The lowest BCUT2D eigenvalue weighted by Gasteiger charge is -2.31. The Labute approximate surface area is 235 Å². The van der Waals surface area contributed by atoms with Gasteiger partial charge in [-0.25, -0.2) is 0 Å². The van der Waals surface area contributed by atoms with E-state index in [0.717, 1.165) is 17.9 Å². The Bertz CT molecular complexity index is 1080. The minimum atomic E-state index is 0.0452. The van der Waals surface area contributed by atoms with Crippen molar-refractivity contribution in [1.29, 1.82) is 0 Å². The molecular weight excluding hydrogens is 684 g/mol. The van der Waals surface area contributed by atoms with Crippen molar-refractivity contribution in [3.63, 3.8) is 0 Å². The van der Waals surface area contributed by atoms with E-state index in [1.165, 1.54) is 22.3 Å². The molecule has 0 amide bonds. The molecule has 2 atom stereocenters. The lowest BCUT2D eigenvalue weighted by molar-refractivity contribution is 0.380. The number of hydrogen-bond acceptors (Lipinski definition) is 2. The molecule has 6 heteroatoms.